The molecule has 0 aliphatic carbocycles. The van der Waals surface area contributed by atoms with Crippen LogP contribution in [0.4, 0.5) is 10.1 Å². The number of rotatable bonds is 5. The average Bonchev–Trinajstić information content (AvgIpc) is 3.18. The van der Waals surface area contributed by atoms with Gasteiger partial charge in [0, 0.05) is 11.1 Å². The predicted octanol–water partition coefficient (Wildman–Crippen LogP) is 6.77. The quantitative estimate of drug-likeness (QED) is 0.226. The number of methoxy groups -OCH3 is 1. The number of fused-ring (bicyclic) bond motifs is 1. The van der Waals surface area contributed by atoms with E-state index in [0.29, 0.717) is 27.8 Å². The smallest absolute Gasteiger partial charge is 0.338 e. The van der Waals surface area contributed by atoms with Gasteiger partial charge in [-0.05, 0) is 41.0 Å². The van der Waals surface area contributed by atoms with Gasteiger partial charge in [-0.15, -0.1) is 0 Å². The summed E-state index contributed by atoms with van der Waals surface area (Å²) in [5.74, 6) is -1.22. The van der Waals surface area contributed by atoms with Gasteiger partial charge in [-0.1, -0.05) is 84.4 Å². The van der Waals surface area contributed by atoms with Crippen LogP contribution < -0.4 is 4.90 Å². The first-order chi connectivity index (χ1) is 17.5. The zero-order valence-corrected chi connectivity index (χ0v) is 20.1. The highest BCUT2D eigenvalue weighted by Crippen LogP contribution is 2.44. The summed E-state index contributed by atoms with van der Waals surface area (Å²) in [6.07, 6.45) is 0. The Morgan fingerprint density at radius 3 is 2.33 bits per heavy atom. The number of nitrogens with zero attached hydrogens (tertiary/aromatic N) is 1. The first-order valence-corrected chi connectivity index (χ1v) is 11.7. The molecule has 0 fully saturated rings. The summed E-state index contributed by atoms with van der Waals surface area (Å²) in [5, 5.41) is -0.0240. The van der Waals surface area contributed by atoms with Crippen LogP contribution in [0.25, 0.3) is 11.1 Å². The molecule has 0 unspecified atom stereocenters. The van der Waals surface area contributed by atoms with Crippen molar-refractivity contribution in [2.45, 2.75) is 6.54 Å². The lowest BCUT2D eigenvalue weighted by Gasteiger charge is -2.19. The van der Waals surface area contributed by atoms with Gasteiger partial charge in [-0.25, -0.2) is 9.18 Å². The zero-order valence-electron chi connectivity index (χ0n) is 19.4. The minimum atomic E-state index is -0.531. The minimum Gasteiger partial charge on any atom is -0.465 e. The van der Waals surface area contributed by atoms with Gasteiger partial charge in [0.25, 0.3) is 5.91 Å². The van der Waals surface area contributed by atoms with Crippen LogP contribution in [-0.2, 0) is 16.1 Å². The number of ether oxygens (including phenoxy) is 1. The van der Waals surface area contributed by atoms with E-state index in [1.165, 1.54) is 19.2 Å². The molecule has 0 saturated carbocycles. The van der Waals surface area contributed by atoms with E-state index < -0.39 is 11.8 Å². The van der Waals surface area contributed by atoms with Crippen molar-refractivity contribution in [3.05, 3.63) is 136 Å². The van der Waals surface area contributed by atoms with E-state index in [1.807, 2.05) is 66.7 Å². The molecule has 1 aliphatic heterocycles. The molecule has 36 heavy (non-hydrogen) atoms. The highest BCUT2D eigenvalue weighted by molar-refractivity contribution is 6.39. The van der Waals surface area contributed by atoms with Crippen molar-refractivity contribution in [3.63, 3.8) is 0 Å². The van der Waals surface area contributed by atoms with Crippen LogP contribution in [-0.4, -0.2) is 19.0 Å². The van der Waals surface area contributed by atoms with E-state index in [2.05, 4.69) is 0 Å². The third-order valence-corrected chi connectivity index (χ3v) is 6.48. The summed E-state index contributed by atoms with van der Waals surface area (Å²) in [6.45, 7) is 0.177. The molecular formula is C30H21ClFNO3. The molecule has 178 valence electrons. The Bertz CT molecular complexity index is 1510. The summed E-state index contributed by atoms with van der Waals surface area (Å²) < 4.78 is 19.0. The van der Waals surface area contributed by atoms with Gasteiger partial charge in [0.15, 0.2) is 0 Å². The number of carbonyl (C=O) groups is 2. The number of hydrogen-bond acceptors (Lipinski definition) is 3. The van der Waals surface area contributed by atoms with Crippen molar-refractivity contribution in [1.82, 2.24) is 0 Å². The van der Waals surface area contributed by atoms with Crippen LogP contribution >= 0.6 is 11.6 Å². The molecule has 1 aliphatic rings. The van der Waals surface area contributed by atoms with Crippen molar-refractivity contribution < 1.29 is 18.7 Å². The van der Waals surface area contributed by atoms with Gasteiger partial charge >= 0.3 is 5.97 Å². The number of carbonyl (C=O) groups excluding carboxylic acids is 2. The number of amides is 1. The van der Waals surface area contributed by atoms with Gasteiger partial charge < -0.3 is 9.64 Å². The summed E-state index contributed by atoms with van der Waals surface area (Å²) >= 11 is 6.15. The zero-order chi connectivity index (χ0) is 25.2. The van der Waals surface area contributed by atoms with Crippen LogP contribution in [0.5, 0.6) is 0 Å². The molecule has 5 rings (SSSR count). The Kier molecular flexibility index (Phi) is 6.40. The summed E-state index contributed by atoms with van der Waals surface area (Å²) in [5.41, 5.74) is 5.10. The fraction of sp³-hybridized carbons (Fsp3) is 0.0667. The van der Waals surface area contributed by atoms with Crippen molar-refractivity contribution in [2.24, 2.45) is 0 Å². The first-order valence-electron chi connectivity index (χ1n) is 11.3. The molecule has 0 radical (unpaired) electrons. The Morgan fingerprint density at radius 2 is 1.58 bits per heavy atom. The Labute approximate surface area is 213 Å². The lowest BCUT2D eigenvalue weighted by Crippen LogP contribution is -2.27. The van der Waals surface area contributed by atoms with Crippen LogP contribution in [0.2, 0.25) is 5.02 Å². The van der Waals surface area contributed by atoms with E-state index in [9.17, 15) is 14.0 Å². The summed E-state index contributed by atoms with van der Waals surface area (Å²) in [4.78, 5) is 28.1. The van der Waals surface area contributed by atoms with E-state index in [0.717, 1.165) is 16.8 Å². The fourth-order valence-electron chi connectivity index (χ4n) is 4.53. The monoisotopic (exact) mass is 497 g/mol. The standard InChI is InChI=1S/C30H21ClFNO3/c1-36-30(35)22-12-6-5-11-21(22)18-33-26-14-8-7-13-23(26)28(29(33)34)27(19-9-3-2-4-10-19)20-15-16-25(32)24(31)17-20/h2-17H,18H2,1H3. The Balaban J connectivity index is 1.72. The second-order valence-corrected chi connectivity index (χ2v) is 8.71. The lowest BCUT2D eigenvalue weighted by atomic mass is 9.90. The number of anilines is 1. The topological polar surface area (TPSA) is 46.6 Å². The highest BCUT2D eigenvalue weighted by atomic mass is 35.5. The molecule has 1 heterocycles. The molecule has 0 aromatic heterocycles. The third kappa shape index (κ3) is 4.18. The van der Waals surface area contributed by atoms with Crippen molar-refractivity contribution >= 4 is 40.3 Å². The van der Waals surface area contributed by atoms with E-state index in [1.54, 1.807) is 23.1 Å². The maximum absolute atomic E-state index is 14.1. The molecule has 0 bridgehead atoms. The molecular weight excluding hydrogens is 477 g/mol. The maximum Gasteiger partial charge on any atom is 0.338 e. The van der Waals surface area contributed by atoms with Crippen molar-refractivity contribution in [2.75, 3.05) is 12.0 Å². The van der Waals surface area contributed by atoms with E-state index in [-0.39, 0.29) is 17.5 Å². The molecule has 4 nitrogen and oxygen atoms in total. The molecule has 0 saturated heterocycles. The van der Waals surface area contributed by atoms with Crippen LogP contribution in [0.15, 0.2) is 97.1 Å². The van der Waals surface area contributed by atoms with Crippen LogP contribution in [0.3, 0.4) is 0 Å². The van der Waals surface area contributed by atoms with Crippen molar-refractivity contribution in [3.8, 4) is 0 Å². The Hall–Kier alpha value is -4.22. The average molecular weight is 498 g/mol. The van der Waals surface area contributed by atoms with Gasteiger partial charge in [-0.3, -0.25) is 4.79 Å². The maximum atomic E-state index is 14.1. The van der Waals surface area contributed by atoms with Crippen molar-refractivity contribution in [1.29, 1.82) is 0 Å². The normalized spacial score (nSPS) is 14.0. The lowest BCUT2D eigenvalue weighted by molar-refractivity contribution is -0.113. The third-order valence-electron chi connectivity index (χ3n) is 6.20. The summed E-state index contributed by atoms with van der Waals surface area (Å²) in [6, 6.07) is 28.5. The molecule has 0 N–H and O–H groups in total. The SMILES string of the molecule is COC(=O)c1ccccc1CN1C(=O)C(=C(c2ccccc2)c2ccc(F)c(Cl)c2)c2ccccc21. The highest BCUT2D eigenvalue weighted by Gasteiger charge is 2.35. The van der Waals surface area contributed by atoms with E-state index in [4.69, 9.17) is 16.3 Å². The van der Waals surface area contributed by atoms with Gasteiger partial charge in [-0.2, -0.15) is 0 Å². The molecule has 0 spiro atoms. The number of hydrogen-bond donors (Lipinski definition) is 0. The van der Waals surface area contributed by atoms with Gasteiger partial charge in [0.1, 0.15) is 5.82 Å². The molecule has 1 amide bonds. The van der Waals surface area contributed by atoms with Gasteiger partial charge in [0.05, 0.1) is 35.5 Å². The number of halogens is 2. The number of benzene rings is 4. The number of para-hydroxylation sites is 1. The van der Waals surface area contributed by atoms with Gasteiger partial charge in [0.2, 0.25) is 0 Å². The molecule has 0 atom stereocenters. The second-order valence-electron chi connectivity index (χ2n) is 8.30. The Morgan fingerprint density at radius 1 is 0.889 bits per heavy atom. The predicted molar refractivity (Wildman–Crippen MR) is 139 cm³/mol. The fourth-order valence-corrected chi connectivity index (χ4v) is 4.71. The first kappa shape index (κ1) is 23.5. The van der Waals surface area contributed by atoms with Crippen LogP contribution in [0.1, 0.15) is 32.6 Å². The molecule has 6 heteroatoms. The van der Waals surface area contributed by atoms with E-state index >= 15 is 0 Å². The number of esters is 1. The molecule has 4 aromatic carbocycles. The molecule has 4 aromatic rings. The largest absolute Gasteiger partial charge is 0.465 e. The summed E-state index contributed by atoms with van der Waals surface area (Å²) in [7, 11) is 1.33. The van der Waals surface area contributed by atoms with Crippen LogP contribution in [0, 0.1) is 5.82 Å². The second kappa shape index (κ2) is 9.80. The minimum absolute atomic E-state index is 0.0240.